The van der Waals surface area contributed by atoms with E-state index in [1.165, 1.54) is 47.9 Å². The van der Waals surface area contributed by atoms with Gasteiger partial charge in [0.1, 0.15) is 17.3 Å². The van der Waals surface area contributed by atoms with Crippen LogP contribution in [0, 0.1) is 11.8 Å². The molecular weight excluding hydrogens is 613 g/mol. The summed E-state index contributed by atoms with van der Waals surface area (Å²) < 4.78 is 0. The molecule has 3 heteroatoms. The summed E-state index contributed by atoms with van der Waals surface area (Å²) >= 11 is 0. The van der Waals surface area contributed by atoms with E-state index >= 15 is 0 Å². The minimum atomic E-state index is 0.314. The third-order valence-electron chi connectivity index (χ3n) is 12.2. The van der Waals surface area contributed by atoms with Gasteiger partial charge in [0.25, 0.3) is 0 Å². The number of unbranched alkanes of at least 4 members (excludes halogenated alkanes) is 8. The quantitative estimate of drug-likeness (QED) is 0.104. The van der Waals surface area contributed by atoms with Crippen LogP contribution < -0.4 is 0 Å². The second kappa shape index (κ2) is 23.1. The van der Waals surface area contributed by atoms with E-state index < -0.39 is 0 Å². The molecule has 2 aliphatic carbocycles. The third-order valence-corrected chi connectivity index (χ3v) is 12.2. The van der Waals surface area contributed by atoms with E-state index in [0.29, 0.717) is 41.0 Å². The van der Waals surface area contributed by atoms with Crippen LogP contribution in [0.5, 0.6) is 0 Å². The van der Waals surface area contributed by atoms with Gasteiger partial charge in [0.05, 0.1) is 0 Å². The molecule has 0 aliphatic heterocycles. The molecule has 0 atom stereocenters. The van der Waals surface area contributed by atoms with Gasteiger partial charge in [0, 0.05) is 37.5 Å². The monoisotopic (exact) mass is 683 g/mol. The Morgan fingerprint density at radius 2 is 0.800 bits per heavy atom. The highest BCUT2D eigenvalue weighted by Crippen LogP contribution is 2.38. The summed E-state index contributed by atoms with van der Waals surface area (Å²) in [6, 6.07) is 18.6. The van der Waals surface area contributed by atoms with Gasteiger partial charge in [-0.1, -0.05) is 101 Å². The predicted octanol–water partition coefficient (Wildman–Crippen LogP) is 13.0. The zero-order valence-corrected chi connectivity index (χ0v) is 32.0. The Kier molecular flexibility index (Phi) is 18.6. The van der Waals surface area contributed by atoms with Crippen LogP contribution in [0.15, 0.2) is 48.5 Å². The highest BCUT2D eigenvalue weighted by molar-refractivity contribution is 5.81. The van der Waals surface area contributed by atoms with Gasteiger partial charge in [-0.25, -0.2) is 0 Å². The Balaban J connectivity index is 0.965. The Morgan fingerprint density at radius 1 is 0.440 bits per heavy atom. The zero-order chi connectivity index (χ0) is 35.4. The number of ketones is 3. The fourth-order valence-corrected chi connectivity index (χ4v) is 8.66. The predicted molar refractivity (Wildman–Crippen MR) is 210 cm³/mol. The standard InChI is InChI=1S/C47H70O3/c1-3-5-19-46(49)43-33-29-41(30-34-43)39-25-21-37(22-26-39)15-11-7-9-13-17-45(48)18-14-10-8-12-16-38-23-27-40(28-24-38)42-31-35-44(36-32-42)47(50)20-6-4-2/h21-28,41-44H,3-20,29-36H2,1-2H3/t41-,42?,43-,44?. The van der Waals surface area contributed by atoms with E-state index in [1.54, 1.807) is 0 Å². The van der Waals surface area contributed by atoms with Crippen molar-refractivity contribution in [2.45, 2.75) is 193 Å². The summed E-state index contributed by atoms with van der Waals surface area (Å²) in [6.45, 7) is 4.32. The molecule has 2 fully saturated rings. The smallest absolute Gasteiger partial charge is 0.135 e. The zero-order valence-electron chi connectivity index (χ0n) is 32.0. The van der Waals surface area contributed by atoms with E-state index in [-0.39, 0.29) is 0 Å². The maximum absolute atomic E-state index is 12.4. The average molecular weight is 683 g/mol. The van der Waals surface area contributed by atoms with Gasteiger partial charge in [-0.05, 0) is 137 Å². The first-order valence-corrected chi connectivity index (χ1v) is 21.2. The fourth-order valence-electron chi connectivity index (χ4n) is 8.66. The molecule has 0 spiro atoms. The summed E-state index contributed by atoms with van der Waals surface area (Å²) in [5, 5.41) is 0. The maximum atomic E-state index is 12.4. The van der Waals surface area contributed by atoms with Crippen LogP contribution in [-0.4, -0.2) is 17.3 Å². The van der Waals surface area contributed by atoms with Crippen molar-refractivity contribution in [3.8, 4) is 0 Å². The first-order valence-electron chi connectivity index (χ1n) is 21.2. The van der Waals surface area contributed by atoms with E-state index in [4.69, 9.17) is 0 Å². The number of Topliss-reactive ketones (excluding diaryl/α,β-unsaturated/α-hetero) is 3. The van der Waals surface area contributed by atoms with Crippen LogP contribution in [0.2, 0.25) is 0 Å². The Hall–Kier alpha value is -2.55. The summed E-state index contributed by atoms with van der Waals surface area (Å²) in [4.78, 5) is 37.2. The van der Waals surface area contributed by atoms with Crippen molar-refractivity contribution in [2.24, 2.45) is 11.8 Å². The summed E-state index contributed by atoms with van der Waals surface area (Å²) in [6.07, 6.45) is 27.7. The molecule has 2 aromatic rings. The van der Waals surface area contributed by atoms with Gasteiger partial charge in [-0.2, -0.15) is 0 Å². The topological polar surface area (TPSA) is 51.2 Å². The summed E-state index contributed by atoms with van der Waals surface area (Å²) in [5.41, 5.74) is 5.77. The molecule has 0 aromatic heterocycles. The number of aryl methyl sites for hydroxylation is 2. The highest BCUT2D eigenvalue weighted by atomic mass is 16.1. The van der Waals surface area contributed by atoms with E-state index in [1.807, 2.05) is 0 Å². The highest BCUT2D eigenvalue weighted by Gasteiger charge is 2.27. The lowest BCUT2D eigenvalue weighted by molar-refractivity contribution is -0.124. The van der Waals surface area contributed by atoms with Crippen molar-refractivity contribution < 1.29 is 14.4 Å². The summed E-state index contributed by atoms with van der Waals surface area (Å²) in [5.74, 6) is 3.34. The number of benzene rings is 2. The van der Waals surface area contributed by atoms with Crippen molar-refractivity contribution in [3.63, 3.8) is 0 Å². The lowest BCUT2D eigenvalue weighted by Gasteiger charge is -2.28. The van der Waals surface area contributed by atoms with Crippen LogP contribution in [-0.2, 0) is 27.2 Å². The lowest BCUT2D eigenvalue weighted by Crippen LogP contribution is -2.21. The SMILES string of the molecule is CCCCC(=O)C1CCC(c2ccc(CCCCCCC(=O)CCCCCCc3ccc([C@H]4CC[C@H](C(=O)CCCC)CC4)cc3)cc2)CC1. The van der Waals surface area contributed by atoms with E-state index in [2.05, 4.69) is 62.4 Å². The van der Waals surface area contributed by atoms with Crippen LogP contribution >= 0.6 is 0 Å². The second-order valence-corrected chi connectivity index (χ2v) is 16.1. The molecule has 0 heterocycles. The molecule has 3 nitrogen and oxygen atoms in total. The Labute approximate surface area is 306 Å². The van der Waals surface area contributed by atoms with Gasteiger partial charge in [-0.3, -0.25) is 14.4 Å². The van der Waals surface area contributed by atoms with Crippen molar-refractivity contribution in [3.05, 3.63) is 70.8 Å². The van der Waals surface area contributed by atoms with E-state index in [9.17, 15) is 14.4 Å². The molecule has 50 heavy (non-hydrogen) atoms. The van der Waals surface area contributed by atoms with Crippen LogP contribution in [0.25, 0.3) is 0 Å². The molecule has 0 bridgehead atoms. The second-order valence-electron chi connectivity index (χ2n) is 16.1. The van der Waals surface area contributed by atoms with Crippen LogP contribution in [0.3, 0.4) is 0 Å². The van der Waals surface area contributed by atoms with Gasteiger partial charge >= 0.3 is 0 Å². The first-order chi connectivity index (χ1) is 24.5. The van der Waals surface area contributed by atoms with Gasteiger partial charge in [0.2, 0.25) is 0 Å². The van der Waals surface area contributed by atoms with E-state index in [0.717, 1.165) is 141 Å². The number of carbonyl (C=O) groups excluding carboxylic acids is 3. The summed E-state index contributed by atoms with van der Waals surface area (Å²) in [7, 11) is 0. The maximum Gasteiger partial charge on any atom is 0.135 e. The van der Waals surface area contributed by atoms with Crippen LogP contribution in [0.4, 0.5) is 0 Å². The average Bonchev–Trinajstić information content (AvgIpc) is 3.16. The Morgan fingerprint density at radius 3 is 1.16 bits per heavy atom. The molecule has 0 saturated heterocycles. The van der Waals surface area contributed by atoms with Gasteiger partial charge < -0.3 is 0 Å². The van der Waals surface area contributed by atoms with Crippen molar-refractivity contribution in [1.29, 1.82) is 0 Å². The van der Waals surface area contributed by atoms with Gasteiger partial charge in [0.15, 0.2) is 0 Å². The number of carbonyl (C=O) groups is 3. The number of rotatable bonds is 24. The number of hydrogen-bond acceptors (Lipinski definition) is 3. The van der Waals surface area contributed by atoms with Crippen molar-refractivity contribution in [2.75, 3.05) is 0 Å². The molecular formula is C47H70O3. The Bertz CT molecular complexity index is 1140. The molecule has 0 unspecified atom stereocenters. The fraction of sp³-hybridized carbons (Fsp3) is 0.681. The van der Waals surface area contributed by atoms with Crippen molar-refractivity contribution in [1.82, 2.24) is 0 Å². The first kappa shape index (κ1) is 40.2. The molecule has 2 saturated carbocycles. The minimum absolute atomic E-state index is 0.314. The number of hydrogen-bond donors (Lipinski definition) is 0. The lowest BCUT2D eigenvalue weighted by atomic mass is 9.76. The largest absolute Gasteiger partial charge is 0.300 e. The minimum Gasteiger partial charge on any atom is -0.300 e. The molecule has 0 radical (unpaired) electrons. The van der Waals surface area contributed by atoms with Crippen molar-refractivity contribution >= 4 is 17.3 Å². The molecule has 4 rings (SSSR count). The molecule has 0 N–H and O–H groups in total. The molecule has 2 aliphatic rings. The van der Waals surface area contributed by atoms with Crippen LogP contribution in [0.1, 0.15) is 202 Å². The normalized spacial score (nSPS) is 20.8. The van der Waals surface area contributed by atoms with Gasteiger partial charge in [-0.15, -0.1) is 0 Å². The molecule has 2 aromatic carbocycles. The molecule has 0 amide bonds. The third kappa shape index (κ3) is 14.2. The molecule has 276 valence electrons.